The van der Waals surface area contributed by atoms with Gasteiger partial charge in [-0.3, -0.25) is 9.59 Å². The number of hydrogen-bond donors (Lipinski definition) is 1. The number of thioether (sulfide) groups is 1. The van der Waals surface area contributed by atoms with Gasteiger partial charge in [-0.15, -0.1) is 11.8 Å². The van der Waals surface area contributed by atoms with Crippen molar-refractivity contribution < 1.29 is 4.79 Å². The second-order valence-corrected chi connectivity index (χ2v) is 6.92. The highest BCUT2D eigenvalue weighted by molar-refractivity contribution is 7.98. The fourth-order valence-corrected chi connectivity index (χ4v) is 3.24. The summed E-state index contributed by atoms with van der Waals surface area (Å²) in [6, 6.07) is 18.0. The normalized spacial score (nSPS) is 10.5. The average Bonchev–Trinajstić information content (AvgIpc) is 2.65. The fourth-order valence-electron chi connectivity index (χ4n) is 2.56. The molecule has 0 bridgehead atoms. The van der Waals surface area contributed by atoms with Gasteiger partial charge >= 0.3 is 0 Å². The van der Waals surface area contributed by atoms with E-state index < -0.39 is 5.91 Å². The SMILES string of the molecule is CSc1ccccc1NC(=O)c1cccn(Cc2ccc(Cl)cc2)c1=O. The molecule has 2 aromatic carbocycles. The second-order valence-electron chi connectivity index (χ2n) is 5.64. The minimum Gasteiger partial charge on any atom is -0.321 e. The minimum atomic E-state index is -0.415. The summed E-state index contributed by atoms with van der Waals surface area (Å²) in [4.78, 5) is 26.2. The molecule has 1 aromatic heterocycles. The Hall–Kier alpha value is -2.50. The molecule has 0 aliphatic carbocycles. The number of pyridine rings is 1. The predicted molar refractivity (Wildman–Crippen MR) is 107 cm³/mol. The average molecular weight is 385 g/mol. The van der Waals surface area contributed by atoms with Crippen molar-refractivity contribution in [3.8, 4) is 0 Å². The standard InChI is InChI=1S/C20H17ClN2O2S/c1-26-18-7-3-2-6-17(18)22-19(24)16-5-4-12-23(20(16)25)13-14-8-10-15(21)11-9-14/h2-12H,13H2,1H3,(H,22,24). The van der Waals surface area contributed by atoms with Gasteiger partial charge in [0.25, 0.3) is 11.5 Å². The lowest BCUT2D eigenvalue weighted by Crippen LogP contribution is -2.29. The van der Waals surface area contributed by atoms with Crippen molar-refractivity contribution in [2.75, 3.05) is 11.6 Å². The molecule has 0 aliphatic heterocycles. The molecule has 0 radical (unpaired) electrons. The van der Waals surface area contributed by atoms with E-state index in [2.05, 4.69) is 5.32 Å². The van der Waals surface area contributed by atoms with Gasteiger partial charge in [-0.05, 0) is 48.2 Å². The van der Waals surface area contributed by atoms with Gasteiger partial charge in [-0.25, -0.2) is 0 Å². The number of halogens is 1. The lowest BCUT2D eigenvalue weighted by molar-refractivity contribution is 0.102. The molecule has 3 aromatic rings. The Morgan fingerprint density at radius 1 is 1.08 bits per heavy atom. The summed E-state index contributed by atoms with van der Waals surface area (Å²) in [6.45, 7) is 0.374. The number of hydrogen-bond acceptors (Lipinski definition) is 3. The van der Waals surface area contributed by atoms with Crippen molar-refractivity contribution in [2.24, 2.45) is 0 Å². The summed E-state index contributed by atoms with van der Waals surface area (Å²) in [5, 5.41) is 3.47. The fraction of sp³-hybridized carbons (Fsp3) is 0.100. The van der Waals surface area contributed by atoms with Crippen LogP contribution in [-0.2, 0) is 6.54 Å². The summed E-state index contributed by atoms with van der Waals surface area (Å²) in [5.41, 5.74) is 1.40. The van der Waals surface area contributed by atoms with E-state index in [4.69, 9.17) is 11.6 Å². The number of benzene rings is 2. The zero-order valence-electron chi connectivity index (χ0n) is 14.1. The van der Waals surface area contributed by atoms with Gasteiger partial charge in [0.2, 0.25) is 0 Å². The maximum absolute atomic E-state index is 12.7. The first-order valence-corrected chi connectivity index (χ1v) is 9.57. The van der Waals surface area contributed by atoms with E-state index in [0.29, 0.717) is 17.3 Å². The van der Waals surface area contributed by atoms with Gasteiger partial charge in [-0.2, -0.15) is 0 Å². The van der Waals surface area contributed by atoms with Gasteiger partial charge in [0.15, 0.2) is 0 Å². The number of amides is 1. The highest BCUT2D eigenvalue weighted by Gasteiger charge is 2.14. The first-order valence-electron chi connectivity index (χ1n) is 7.97. The van der Waals surface area contributed by atoms with Crippen LogP contribution in [-0.4, -0.2) is 16.7 Å². The Morgan fingerprint density at radius 2 is 1.81 bits per heavy atom. The molecule has 0 atom stereocenters. The number of rotatable bonds is 5. The molecule has 0 aliphatic rings. The van der Waals surface area contributed by atoms with Crippen molar-refractivity contribution >= 4 is 35.0 Å². The van der Waals surface area contributed by atoms with Crippen LogP contribution in [0.2, 0.25) is 5.02 Å². The monoisotopic (exact) mass is 384 g/mol. The Kier molecular flexibility index (Phi) is 5.81. The van der Waals surface area contributed by atoms with Crippen LogP contribution in [0.15, 0.2) is 76.6 Å². The van der Waals surface area contributed by atoms with E-state index in [1.54, 1.807) is 24.4 Å². The van der Waals surface area contributed by atoms with Crippen LogP contribution in [0.5, 0.6) is 0 Å². The molecule has 0 fully saturated rings. The number of nitrogens with one attached hydrogen (secondary N) is 1. The first-order chi connectivity index (χ1) is 12.6. The number of aromatic nitrogens is 1. The molecule has 132 valence electrons. The Balaban J connectivity index is 1.85. The number of anilines is 1. The number of carbonyl (C=O) groups excluding carboxylic acids is 1. The van der Waals surface area contributed by atoms with Crippen molar-refractivity contribution in [3.05, 3.63) is 93.4 Å². The lowest BCUT2D eigenvalue weighted by Gasteiger charge is -2.11. The third kappa shape index (κ3) is 4.18. The van der Waals surface area contributed by atoms with Crippen LogP contribution >= 0.6 is 23.4 Å². The van der Waals surface area contributed by atoms with Crippen LogP contribution in [0.3, 0.4) is 0 Å². The van der Waals surface area contributed by atoms with Crippen molar-refractivity contribution in [1.82, 2.24) is 4.57 Å². The molecule has 1 amide bonds. The van der Waals surface area contributed by atoms with Gasteiger partial charge < -0.3 is 9.88 Å². The number of carbonyl (C=O) groups is 1. The molecule has 26 heavy (non-hydrogen) atoms. The van der Waals surface area contributed by atoms with Crippen molar-refractivity contribution in [1.29, 1.82) is 0 Å². The zero-order valence-corrected chi connectivity index (χ0v) is 15.7. The molecule has 3 rings (SSSR count). The number of nitrogens with zero attached hydrogens (tertiary/aromatic N) is 1. The largest absolute Gasteiger partial charge is 0.321 e. The Labute approximate surface area is 160 Å². The summed E-state index contributed by atoms with van der Waals surface area (Å²) in [7, 11) is 0. The van der Waals surface area contributed by atoms with Gasteiger partial charge in [0, 0.05) is 16.1 Å². The maximum Gasteiger partial charge on any atom is 0.263 e. The lowest BCUT2D eigenvalue weighted by atomic mass is 10.2. The third-order valence-corrected chi connectivity index (χ3v) is 4.93. The minimum absolute atomic E-state index is 0.109. The predicted octanol–water partition coefficient (Wildman–Crippen LogP) is 4.52. The molecule has 1 N–H and O–H groups in total. The Morgan fingerprint density at radius 3 is 2.54 bits per heavy atom. The molecular weight excluding hydrogens is 368 g/mol. The van der Waals surface area contributed by atoms with E-state index in [0.717, 1.165) is 10.5 Å². The van der Waals surface area contributed by atoms with Crippen LogP contribution < -0.4 is 10.9 Å². The van der Waals surface area contributed by atoms with E-state index >= 15 is 0 Å². The second kappa shape index (κ2) is 8.25. The molecule has 0 saturated heterocycles. The van der Waals surface area contributed by atoms with E-state index in [1.165, 1.54) is 22.4 Å². The van der Waals surface area contributed by atoms with Gasteiger partial charge in [-0.1, -0.05) is 35.9 Å². The molecule has 1 heterocycles. The van der Waals surface area contributed by atoms with Crippen LogP contribution in [0, 0.1) is 0 Å². The summed E-state index contributed by atoms with van der Waals surface area (Å²) in [5.74, 6) is -0.415. The summed E-state index contributed by atoms with van der Waals surface area (Å²) >= 11 is 7.43. The zero-order chi connectivity index (χ0) is 18.5. The quantitative estimate of drug-likeness (QED) is 0.658. The molecule has 0 unspecified atom stereocenters. The highest BCUT2D eigenvalue weighted by atomic mass is 35.5. The first kappa shape index (κ1) is 18.3. The summed E-state index contributed by atoms with van der Waals surface area (Å²) < 4.78 is 1.51. The smallest absolute Gasteiger partial charge is 0.263 e. The van der Waals surface area contributed by atoms with Crippen molar-refractivity contribution in [3.63, 3.8) is 0 Å². The molecular formula is C20H17ClN2O2S. The third-order valence-electron chi connectivity index (χ3n) is 3.89. The molecule has 6 heteroatoms. The highest BCUT2D eigenvalue weighted by Crippen LogP contribution is 2.24. The van der Waals surface area contributed by atoms with E-state index in [1.807, 2.05) is 42.7 Å². The van der Waals surface area contributed by atoms with Crippen LogP contribution in [0.25, 0.3) is 0 Å². The van der Waals surface area contributed by atoms with Gasteiger partial charge in [0.1, 0.15) is 5.56 Å². The summed E-state index contributed by atoms with van der Waals surface area (Å²) in [6.07, 6.45) is 3.61. The molecule has 0 saturated carbocycles. The maximum atomic E-state index is 12.7. The Bertz CT molecular complexity index is 984. The number of para-hydroxylation sites is 1. The van der Waals surface area contributed by atoms with Gasteiger partial charge in [0.05, 0.1) is 12.2 Å². The van der Waals surface area contributed by atoms with E-state index in [9.17, 15) is 9.59 Å². The van der Waals surface area contributed by atoms with Crippen LogP contribution in [0.1, 0.15) is 15.9 Å². The molecule has 4 nitrogen and oxygen atoms in total. The topological polar surface area (TPSA) is 51.1 Å². The van der Waals surface area contributed by atoms with E-state index in [-0.39, 0.29) is 11.1 Å². The van der Waals surface area contributed by atoms with Crippen molar-refractivity contribution in [2.45, 2.75) is 11.4 Å². The van der Waals surface area contributed by atoms with Crippen LogP contribution in [0.4, 0.5) is 5.69 Å². The molecule has 0 spiro atoms.